The standard InChI is InChI=1S/C26H28N2O5/c1-17(2)18(14-24(29)27-13-7-12-25(30)31)15-28-26(32)33-16-23-21-10-5-3-8-19(21)20-9-4-6-11-22(20)23/h3-6,8-11,17-18,23H,13-16H2,1-2H3,(H,27,29)(H,28,32)(H,30,31). The van der Waals surface area contributed by atoms with Crippen molar-refractivity contribution in [2.24, 2.45) is 11.8 Å². The van der Waals surface area contributed by atoms with Gasteiger partial charge in [0.2, 0.25) is 5.91 Å². The largest absolute Gasteiger partial charge is 0.472 e. The van der Waals surface area contributed by atoms with E-state index >= 15 is 0 Å². The number of alkyl carbamates (subject to hydrolysis) is 1. The lowest BCUT2D eigenvalue weighted by atomic mass is 9.92. The minimum Gasteiger partial charge on any atom is -0.472 e. The molecular formula is C26H28N2O5. The van der Waals surface area contributed by atoms with Crippen molar-refractivity contribution < 1.29 is 24.2 Å². The number of carbonyl (C=O) groups is 3. The molecule has 0 saturated carbocycles. The van der Waals surface area contributed by atoms with Gasteiger partial charge in [-0.3, -0.25) is 4.79 Å². The van der Waals surface area contributed by atoms with Crippen LogP contribution in [-0.2, 0) is 14.3 Å². The molecule has 1 unspecified atom stereocenters. The van der Waals surface area contributed by atoms with E-state index < -0.39 is 12.1 Å². The molecule has 7 nitrogen and oxygen atoms in total. The Labute approximate surface area is 193 Å². The van der Waals surface area contributed by atoms with E-state index in [9.17, 15) is 14.4 Å². The van der Waals surface area contributed by atoms with Crippen molar-refractivity contribution in [2.75, 3.05) is 19.7 Å². The molecule has 1 atom stereocenters. The lowest BCUT2D eigenvalue weighted by Crippen LogP contribution is -2.36. The summed E-state index contributed by atoms with van der Waals surface area (Å²) in [6.45, 7) is 4.44. The summed E-state index contributed by atoms with van der Waals surface area (Å²) in [5.41, 5.74) is 4.63. The maximum atomic E-state index is 12.4. The molecule has 0 heterocycles. The van der Waals surface area contributed by atoms with E-state index in [1.54, 1.807) is 0 Å². The molecule has 1 aliphatic rings. The zero-order valence-electron chi connectivity index (χ0n) is 18.8. The highest BCUT2D eigenvalue weighted by molar-refractivity contribution is 5.86. The van der Waals surface area contributed by atoms with Crippen LogP contribution < -0.4 is 10.6 Å². The fourth-order valence-electron chi connectivity index (χ4n) is 3.98. The summed E-state index contributed by atoms with van der Waals surface area (Å²) >= 11 is 0. The molecule has 0 aliphatic heterocycles. The van der Waals surface area contributed by atoms with E-state index in [4.69, 9.17) is 9.84 Å². The van der Waals surface area contributed by atoms with Crippen LogP contribution in [0.3, 0.4) is 0 Å². The molecule has 0 fully saturated rings. The van der Waals surface area contributed by atoms with Crippen molar-refractivity contribution in [1.29, 1.82) is 0 Å². The Hall–Kier alpha value is -3.79. The maximum Gasteiger partial charge on any atom is 0.407 e. The average Bonchev–Trinajstić information content (AvgIpc) is 3.11. The smallest absolute Gasteiger partial charge is 0.407 e. The molecule has 3 N–H and O–H groups in total. The molecule has 172 valence electrons. The normalized spacial score (nSPS) is 12.7. The summed E-state index contributed by atoms with van der Waals surface area (Å²) in [6, 6.07) is 16.3. The van der Waals surface area contributed by atoms with Gasteiger partial charge >= 0.3 is 12.1 Å². The van der Waals surface area contributed by atoms with Crippen LogP contribution >= 0.6 is 0 Å². The van der Waals surface area contributed by atoms with Crippen LogP contribution in [0.2, 0.25) is 0 Å². The summed E-state index contributed by atoms with van der Waals surface area (Å²) in [4.78, 5) is 34.9. The third-order valence-corrected chi connectivity index (χ3v) is 5.81. The molecule has 3 rings (SSSR count). The van der Waals surface area contributed by atoms with Gasteiger partial charge in [0.05, 0.1) is 6.54 Å². The highest BCUT2D eigenvalue weighted by atomic mass is 16.5. The Balaban J connectivity index is 1.51. The molecule has 1 aliphatic carbocycles. The van der Waals surface area contributed by atoms with E-state index in [0.29, 0.717) is 6.54 Å². The maximum absolute atomic E-state index is 12.4. The second-order valence-electron chi connectivity index (χ2n) is 8.30. The monoisotopic (exact) mass is 448 g/mol. The van der Waals surface area contributed by atoms with Gasteiger partial charge in [-0.05, 0) is 34.1 Å². The molecule has 0 bridgehead atoms. The summed E-state index contributed by atoms with van der Waals surface area (Å²) in [5.74, 6) is 2.85. The average molecular weight is 449 g/mol. The van der Waals surface area contributed by atoms with Crippen LogP contribution in [0.25, 0.3) is 11.1 Å². The molecule has 2 aromatic carbocycles. The van der Waals surface area contributed by atoms with Gasteiger partial charge in [0.15, 0.2) is 0 Å². The Morgan fingerprint density at radius 2 is 1.61 bits per heavy atom. The molecule has 0 aromatic heterocycles. The Bertz CT molecular complexity index is 1040. The van der Waals surface area contributed by atoms with Crippen molar-refractivity contribution in [3.05, 3.63) is 59.7 Å². The van der Waals surface area contributed by atoms with E-state index in [-0.39, 0.29) is 43.2 Å². The predicted octanol–water partition coefficient (Wildman–Crippen LogP) is 3.39. The highest BCUT2D eigenvalue weighted by Gasteiger charge is 2.29. The third kappa shape index (κ3) is 6.36. The van der Waals surface area contributed by atoms with Crippen molar-refractivity contribution in [1.82, 2.24) is 10.6 Å². The molecule has 0 saturated heterocycles. The second-order valence-corrected chi connectivity index (χ2v) is 8.30. The SMILES string of the molecule is CC(C)C(CNC(=O)OCC1c2ccccc2-c2ccccc21)CC(=O)NCC#CC(=O)O. The summed E-state index contributed by atoms with van der Waals surface area (Å²) < 4.78 is 5.55. The molecule has 33 heavy (non-hydrogen) atoms. The summed E-state index contributed by atoms with van der Waals surface area (Å²) in [7, 11) is 0. The number of fused-ring (bicyclic) bond motifs is 3. The second kappa shape index (κ2) is 11.2. The van der Waals surface area contributed by atoms with Gasteiger partial charge in [-0.25, -0.2) is 9.59 Å². The minimum atomic E-state index is -1.24. The first-order chi connectivity index (χ1) is 15.9. The molecule has 7 heteroatoms. The quantitative estimate of drug-likeness (QED) is 0.537. The van der Waals surface area contributed by atoms with Gasteiger partial charge in [0.25, 0.3) is 0 Å². The molecule has 0 spiro atoms. The van der Waals surface area contributed by atoms with Crippen LogP contribution in [0.5, 0.6) is 0 Å². The lowest BCUT2D eigenvalue weighted by molar-refractivity contribution is -0.130. The number of carbonyl (C=O) groups excluding carboxylic acids is 2. The number of ether oxygens (including phenoxy) is 1. The fourth-order valence-corrected chi connectivity index (χ4v) is 3.98. The predicted molar refractivity (Wildman–Crippen MR) is 124 cm³/mol. The Kier molecular flexibility index (Phi) is 8.09. The van der Waals surface area contributed by atoms with Crippen LogP contribution in [0.15, 0.2) is 48.5 Å². The molecule has 0 radical (unpaired) electrons. The van der Waals surface area contributed by atoms with Crippen LogP contribution in [0.1, 0.15) is 37.3 Å². The fraction of sp³-hybridized carbons (Fsp3) is 0.346. The van der Waals surface area contributed by atoms with Crippen molar-refractivity contribution in [3.63, 3.8) is 0 Å². The van der Waals surface area contributed by atoms with Gasteiger partial charge < -0.3 is 20.5 Å². The topological polar surface area (TPSA) is 105 Å². The zero-order chi connectivity index (χ0) is 23.8. The number of benzene rings is 2. The van der Waals surface area contributed by atoms with Gasteiger partial charge in [-0.2, -0.15) is 0 Å². The van der Waals surface area contributed by atoms with E-state index in [0.717, 1.165) is 11.1 Å². The Morgan fingerprint density at radius 3 is 2.18 bits per heavy atom. The van der Waals surface area contributed by atoms with Gasteiger partial charge in [-0.15, -0.1) is 0 Å². The number of aliphatic carboxylic acids is 1. The minimum absolute atomic E-state index is 0.0123. The van der Waals surface area contributed by atoms with Crippen molar-refractivity contribution >= 4 is 18.0 Å². The summed E-state index contributed by atoms with van der Waals surface area (Å²) in [5, 5.41) is 13.8. The number of carboxylic acids is 1. The highest BCUT2D eigenvalue weighted by Crippen LogP contribution is 2.44. The number of rotatable bonds is 8. The number of amides is 2. The molecule has 2 amide bonds. The van der Waals surface area contributed by atoms with E-state index in [2.05, 4.69) is 40.8 Å². The van der Waals surface area contributed by atoms with Gasteiger partial charge in [-0.1, -0.05) is 68.3 Å². The molecule has 2 aromatic rings. The number of nitrogens with one attached hydrogen (secondary N) is 2. The molecular weight excluding hydrogens is 420 g/mol. The van der Waals surface area contributed by atoms with Gasteiger partial charge in [0.1, 0.15) is 6.61 Å². The Morgan fingerprint density at radius 1 is 1.00 bits per heavy atom. The zero-order valence-corrected chi connectivity index (χ0v) is 18.8. The first-order valence-corrected chi connectivity index (χ1v) is 10.9. The first-order valence-electron chi connectivity index (χ1n) is 10.9. The van der Waals surface area contributed by atoms with E-state index in [1.165, 1.54) is 11.1 Å². The number of hydrogen-bond acceptors (Lipinski definition) is 4. The lowest BCUT2D eigenvalue weighted by Gasteiger charge is -2.21. The third-order valence-electron chi connectivity index (χ3n) is 5.81. The van der Waals surface area contributed by atoms with Crippen LogP contribution in [-0.4, -0.2) is 42.8 Å². The number of carboxylic acid groups (broad SMARTS) is 1. The van der Waals surface area contributed by atoms with Crippen molar-refractivity contribution in [2.45, 2.75) is 26.2 Å². The number of hydrogen-bond donors (Lipinski definition) is 3. The van der Waals surface area contributed by atoms with Gasteiger partial charge in [0, 0.05) is 24.8 Å². The van der Waals surface area contributed by atoms with Crippen molar-refractivity contribution in [3.8, 4) is 23.0 Å². The van der Waals surface area contributed by atoms with Crippen LogP contribution in [0, 0.1) is 23.7 Å². The first kappa shape index (κ1) is 23.9. The van der Waals surface area contributed by atoms with E-state index in [1.807, 2.05) is 44.0 Å². The summed E-state index contributed by atoms with van der Waals surface area (Å²) in [6.07, 6.45) is -0.328. The van der Waals surface area contributed by atoms with Crippen LogP contribution in [0.4, 0.5) is 4.79 Å².